The number of aromatic nitrogens is 2. The molecular formula is C11H10N4O3. The number of H-pyrrole nitrogens is 1. The van der Waals surface area contributed by atoms with Crippen LogP contribution in [-0.2, 0) is 6.54 Å². The van der Waals surface area contributed by atoms with E-state index in [0.717, 1.165) is 0 Å². The monoisotopic (exact) mass is 246 g/mol. The smallest absolute Gasteiger partial charge is 0.269 e. The van der Waals surface area contributed by atoms with E-state index in [1.807, 2.05) is 0 Å². The Hall–Kier alpha value is -2.70. The second-order valence-corrected chi connectivity index (χ2v) is 3.60. The molecule has 0 bridgehead atoms. The first kappa shape index (κ1) is 11.8. The average Bonchev–Trinajstić information content (AvgIpc) is 2.90. The molecule has 0 aliphatic rings. The van der Waals surface area contributed by atoms with E-state index in [1.165, 1.54) is 24.5 Å². The fraction of sp³-hybridized carbons (Fsp3) is 0.0909. The first-order valence-electron chi connectivity index (χ1n) is 5.17. The number of nitro benzene ring substituents is 1. The summed E-state index contributed by atoms with van der Waals surface area (Å²) in [4.78, 5) is 21.7. The summed E-state index contributed by atoms with van der Waals surface area (Å²) in [5.41, 5.74) is 1.09. The van der Waals surface area contributed by atoms with Crippen LogP contribution in [0.1, 0.15) is 15.9 Å². The molecule has 0 saturated carbocycles. The van der Waals surface area contributed by atoms with Gasteiger partial charge < -0.3 is 5.32 Å². The molecule has 7 heteroatoms. The number of non-ortho nitro benzene ring substituents is 1. The van der Waals surface area contributed by atoms with Crippen LogP contribution < -0.4 is 5.32 Å². The number of rotatable bonds is 4. The van der Waals surface area contributed by atoms with E-state index < -0.39 is 4.92 Å². The highest BCUT2D eigenvalue weighted by atomic mass is 16.6. The lowest BCUT2D eigenvalue weighted by Gasteiger charge is -2.03. The zero-order chi connectivity index (χ0) is 13.0. The topological polar surface area (TPSA) is 101 Å². The lowest BCUT2D eigenvalue weighted by atomic mass is 10.2. The molecule has 1 aromatic carbocycles. The van der Waals surface area contributed by atoms with Crippen molar-refractivity contribution < 1.29 is 9.72 Å². The molecule has 0 spiro atoms. The van der Waals surface area contributed by atoms with Gasteiger partial charge in [0.05, 0.1) is 16.7 Å². The summed E-state index contributed by atoms with van der Waals surface area (Å²) in [6, 6.07) is 6.12. The molecule has 0 atom stereocenters. The van der Waals surface area contributed by atoms with Crippen LogP contribution in [0.2, 0.25) is 0 Å². The van der Waals surface area contributed by atoms with Crippen LogP contribution in [-0.4, -0.2) is 21.0 Å². The second kappa shape index (κ2) is 5.09. The fourth-order valence-electron chi connectivity index (χ4n) is 1.44. The predicted octanol–water partition coefficient (Wildman–Crippen LogP) is 1.25. The molecule has 0 aliphatic carbocycles. The van der Waals surface area contributed by atoms with Crippen molar-refractivity contribution >= 4 is 11.6 Å². The molecule has 0 unspecified atom stereocenters. The standard InChI is InChI=1S/C11H10N4O3/c16-11(9-6-13-14-7-9)12-5-8-2-1-3-10(4-8)15(17)18/h1-4,6-7H,5H2,(H,12,16)(H,13,14). The highest BCUT2D eigenvalue weighted by molar-refractivity contribution is 5.93. The Balaban J connectivity index is 2.00. The highest BCUT2D eigenvalue weighted by Crippen LogP contribution is 2.12. The van der Waals surface area contributed by atoms with Gasteiger partial charge in [-0.2, -0.15) is 5.10 Å². The lowest BCUT2D eigenvalue weighted by Crippen LogP contribution is -2.22. The number of carbonyl (C=O) groups is 1. The molecule has 1 aromatic heterocycles. The van der Waals surface area contributed by atoms with Crippen molar-refractivity contribution in [2.24, 2.45) is 0 Å². The molecule has 1 amide bonds. The minimum atomic E-state index is -0.471. The summed E-state index contributed by atoms with van der Waals surface area (Å²) in [6.45, 7) is 0.228. The summed E-state index contributed by atoms with van der Waals surface area (Å²) in [6.07, 6.45) is 2.88. The zero-order valence-corrected chi connectivity index (χ0v) is 9.29. The Morgan fingerprint density at radius 2 is 2.33 bits per heavy atom. The van der Waals surface area contributed by atoms with Gasteiger partial charge in [0.25, 0.3) is 11.6 Å². The summed E-state index contributed by atoms with van der Waals surface area (Å²) < 4.78 is 0. The molecule has 0 aliphatic heterocycles. The molecule has 2 aromatic rings. The van der Waals surface area contributed by atoms with Gasteiger partial charge in [0.2, 0.25) is 0 Å². The van der Waals surface area contributed by atoms with Crippen LogP contribution in [0.15, 0.2) is 36.7 Å². The van der Waals surface area contributed by atoms with Crippen molar-refractivity contribution in [1.29, 1.82) is 0 Å². The number of hydrogen-bond donors (Lipinski definition) is 2. The van der Waals surface area contributed by atoms with Crippen molar-refractivity contribution in [3.05, 3.63) is 57.9 Å². The number of amides is 1. The van der Waals surface area contributed by atoms with E-state index in [-0.39, 0.29) is 18.1 Å². The third-order valence-corrected chi connectivity index (χ3v) is 2.33. The number of benzene rings is 1. The Kier molecular flexibility index (Phi) is 3.33. The molecule has 0 radical (unpaired) electrons. The van der Waals surface area contributed by atoms with Crippen LogP contribution in [0.4, 0.5) is 5.69 Å². The first-order chi connectivity index (χ1) is 8.66. The molecule has 0 saturated heterocycles. The van der Waals surface area contributed by atoms with Gasteiger partial charge in [-0.05, 0) is 5.56 Å². The molecule has 18 heavy (non-hydrogen) atoms. The van der Waals surface area contributed by atoms with Crippen LogP contribution in [0.5, 0.6) is 0 Å². The summed E-state index contributed by atoms with van der Waals surface area (Å²) in [5, 5.41) is 19.4. The molecule has 7 nitrogen and oxygen atoms in total. The largest absolute Gasteiger partial charge is 0.348 e. The van der Waals surface area contributed by atoms with Crippen molar-refractivity contribution in [1.82, 2.24) is 15.5 Å². The van der Waals surface area contributed by atoms with Gasteiger partial charge in [-0.1, -0.05) is 12.1 Å². The number of carbonyl (C=O) groups excluding carboxylic acids is 1. The molecule has 1 heterocycles. The highest BCUT2D eigenvalue weighted by Gasteiger charge is 2.08. The minimum absolute atomic E-state index is 0.00469. The second-order valence-electron chi connectivity index (χ2n) is 3.60. The van der Waals surface area contributed by atoms with E-state index in [2.05, 4.69) is 15.5 Å². The summed E-state index contributed by atoms with van der Waals surface area (Å²) in [7, 11) is 0. The quantitative estimate of drug-likeness (QED) is 0.626. The average molecular weight is 246 g/mol. The first-order valence-corrected chi connectivity index (χ1v) is 5.17. The van der Waals surface area contributed by atoms with Gasteiger partial charge in [-0.3, -0.25) is 20.0 Å². The van der Waals surface area contributed by atoms with Crippen LogP contribution in [0.3, 0.4) is 0 Å². The normalized spacial score (nSPS) is 10.0. The Labute approximate surface area is 102 Å². The number of nitro groups is 1. The molecule has 2 N–H and O–H groups in total. The molecule has 2 rings (SSSR count). The van der Waals surface area contributed by atoms with Crippen molar-refractivity contribution in [2.75, 3.05) is 0 Å². The van der Waals surface area contributed by atoms with Crippen molar-refractivity contribution in [2.45, 2.75) is 6.54 Å². The lowest BCUT2D eigenvalue weighted by molar-refractivity contribution is -0.384. The van der Waals surface area contributed by atoms with Gasteiger partial charge in [0.15, 0.2) is 0 Å². The van der Waals surface area contributed by atoms with Gasteiger partial charge in [-0.25, -0.2) is 0 Å². The van der Waals surface area contributed by atoms with E-state index in [1.54, 1.807) is 12.1 Å². The summed E-state index contributed by atoms with van der Waals surface area (Å²) in [5.74, 6) is -0.282. The molecule has 0 fully saturated rings. The number of nitrogens with one attached hydrogen (secondary N) is 2. The van der Waals surface area contributed by atoms with Gasteiger partial charge in [0, 0.05) is 24.9 Å². The number of hydrogen-bond acceptors (Lipinski definition) is 4. The van der Waals surface area contributed by atoms with Gasteiger partial charge in [0.1, 0.15) is 0 Å². The van der Waals surface area contributed by atoms with Gasteiger partial charge in [-0.15, -0.1) is 0 Å². The van der Waals surface area contributed by atoms with E-state index in [0.29, 0.717) is 11.1 Å². The van der Waals surface area contributed by atoms with E-state index in [9.17, 15) is 14.9 Å². The Morgan fingerprint density at radius 3 is 3.00 bits per heavy atom. The van der Waals surface area contributed by atoms with E-state index in [4.69, 9.17) is 0 Å². The SMILES string of the molecule is O=C(NCc1cccc([N+](=O)[O-])c1)c1cn[nH]c1. The molecule has 92 valence electrons. The maximum atomic E-state index is 11.6. The van der Waals surface area contributed by atoms with Crippen LogP contribution in [0, 0.1) is 10.1 Å². The molecular weight excluding hydrogens is 236 g/mol. The third-order valence-electron chi connectivity index (χ3n) is 2.33. The number of nitrogens with zero attached hydrogens (tertiary/aromatic N) is 2. The Bertz CT molecular complexity index is 565. The maximum Gasteiger partial charge on any atom is 0.269 e. The summed E-state index contributed by atoms with van der Waals surface area (Å²) >= 11 is 0. The fourth-order valence-corrected chi connectivity index (χ4v) is 1.44. The maximum absolute atomic E-state index is 11.6. The van der Waals surface area contributed by atoms with Crippen LogP contribution in [0.25, 0.3) is 0 Å². The minimum Gasteiger partial charge on any atom is -0.348 e. The van der Waals surface area contributed by atoms with Crippen LogP contribution >= 0.6 is 0 Å². The zero-order valence-electron chi connectivity index (χ0n) is 9.29. The predicted molar refractivity (Wildman–Crippen MR) is 62.9 cm³/mol. The van der Waals surface area contributed by atoms with Gasteiger partial charge >= 0.3 is 0 Å². The van der Waals surface area contributed by atoms with Crippen molar-refractivity contribution in [3.8, 4) is 0 Å². The van der Waals surface area contributed by atoms with Crippen molar-refractivity contribution in [3.63, 3.8) is 0 Å². The van der Waals surface area contributed by atoms with E-state index >= 15 is 0 Å². The third kappa shape index (κ3) is 2.70. The Morgan fingerprint density at radius 1 is 1.50 bits per heavy atom. The number of aromatic amines is 1.